The molecule has 4 nitrogen and oxygen atoms in total. The molecule has 1 aliphatic heterocycles. The van der Waals surface area contributed by atoms with Crippen molar-refractivity contribution in [1.29, 1.82) is 0 Å². The first-order valence-electron chi connectivity index (χ1n) is 6.38. The van der Waals surface area contributed by atoms with Gasteiger partial charge in [0.15, 0.2) is 0 Å². The van der Waals surface area contributed by atoms with Gasteiger partial charge in [0.25, 0.3) is 0 Å². The zero-order valence-electron chi connectivity index (χ0n) is 10.9. The Balaban J connectivity index is 2.04. The van der Waals surface area contributed by atoms with Crippen molar-refractivity contribution < 1.29 is 19.0 Å². The Morgan fingerprint density at radius 2 is 2.16 bits per heavy atom. The Morgan fingerprint density at radius 3 is 2.79 bits per heavy atom. The summed E-state index contributed by atoms with van der Waals surface area (Å²) in [6.07, 6.45) is 1.02. The third-order valence-electron chi connectivity index (χ3n) is 3.40. The predicted octanol–water partition coefficient (Wildman–Crippen LogP) is 1.36. The van der Waals surface area contributed by atoms with E-state index in [4.69, 9.17) is 4.74 Å². The van der Waals surface area contributed by atoms with E-state index in [9.17, 15) is 14.3 Å². The minimum atomic E-state index is -0.377. The standard InChI is InChI=1S/C14H18FNO3/c1-19-13-3-2-11(15)8-10(13)9-14(18)16-6-4-12(17)5-7-16/h2-3,8,12,17H,4-7,9H2,1H3. The maximum Gasteiger partial charge on any atom is 0.227 e. The van der Waals surface area contributed by atoms with Gasteiger partial charge in [-0.1, -0.05) is 0 Å². The van der Waals surface area contributed by atoms with Gasteiger partial charge < -0.3 is 14.7 Å². The highest BCUT2D eigenvalue weighted by molar-refractivity contribution is 5.79. The van der Waals surface area contributed by atoms with E-state index in [-0.39, 0.29) is 24.2 Å². The van der Waals surface area contributed by atoms with Gasteiger partial charge in [0.1, 0.15) is 11.6 Å². The summed E-state index contributed by atoms with van der Waals surface area (Å²) >= 11 is 0. The average molecular weight is 267 g/mol. The number of hydrogen-bond acceptors (Lipinski definition) is 3. The lowest BCUT2D eigenvalue weighted by Crippen LogP contribution is -2.40. The number of nitrogens with zero attached hydrogens (tertiary/aromatic N) is 1. The number of rotatable bonds is 3. The van der Waals surface area contributed by atoms with Crippen LogP contribution >= 0.6 is 0 Å². The summed E-state index contributed by atoms with van der Waals surface area (Å²) < 4.78 is 18.3. The minimum absolute atomic E-state index is 0.0594. The lowest BCUT2D eigenvalue weighted by Gasteiger charge is -2.29. The lowest BCUT2D eigenvalue weighted by atomic mass is 10.1. The van der Waals surface area contributed by atoms with Crippen LogP contribution in [-0.2, 0) is 11.2 Å². The molecule has 0 aromatic heterocycles. The quantitative estimate of drug-likeness (QED) is 0.899. The molecule has 1 aromatic carbocycles. The fraction of sp³-hybridized carbons (Fsp3) is 0.500. The van der Waals surface area contributed by atoms with Crippen LogP contribution in [0.4, 0.5) is 4.39 Å². The van der Waals surface area contributed by atoms with Crippen molar-refractivity contribution in [1.82, 2.24) is 4.90 Å². The molecule has 0 saturated carbocycles. The molecule has 0 unspecified atom stereocenters. The first kappa shape index (κ1) is 13.8. The predicted molar refractivity (Wildman–Crippen MR) is 68.5 cm³/mol. The minimum Gasteiger partial charge on any atom is -0.496 e. The van der Waals surface area contributed by atoms with Crippen LogP contribution in [0.2, 0.25) is 0 Å². The highest BCUT2D eigenvalue weighted by Crippen LogP contribution is 2.21. The maximum absolute atomic E-state index is 13.2. The number of aliphatic hydroxyl groups excluding tert-OH is 1. The van der Waals surface area contributed by atoms with Crippen LogP contribution in [0.1, 0.15) is 18.4 Å². The second kappa shape index (κ2) is 6.02. The van der Waals surface area contributed by atoms with Gasteiger partial charge in [0.05, 0.1) is 19.6 Å². The summed E-state index contributed by atoms with van der Waals surface area (Å²) in [4.78, 5) is 13.8. The number of carbonyl (C=O) groups is 1. The molecule has 0 spiro atoms. The van der Waals surface area contributed by atoms with E-state index in [1.807, 2.05) is 0 Å². The normalized spacial score (nSPS) is 16.5. The summed E-state index contributed by atoms with van der Waals surface area (Å²) in [5.74, 6) is 0.0836. The van der Waals surface area contributed by atoms with Gasteiger partial charge >= 0.3 is 0 Å². The van der Waals surface area contributed by atoms with E-state index in [0.717, 1.165) is 0 Å². The number of piperidine rings is 1. The van der Waals surface area contributed by atoms with E-state index in [1.165, 1.54) is 25.3 Å². The van der Waals surface area contributed by atoms with Crippen LogP contribution in [0.25, 0.3) is 0 Å². The Bertz CT molecular complexity index is 456. The van der Waals surface area contributed by atoms with E-state index in [1.54, 1.807) is 4.90 Å². The van der Waals surface area contributed by atoms with Crippen LogP contribution in [0.15, 0.2) is 18.2 Å². The van der Waals surface area contributed by atoms with Gasteiger partial charge in [0.2, 0.25) is 5.91 Å². The molecule has 2 rings (SSSR count). The third-order valence-corrected chi connectivity index (χ3v) is 3.40. The maximum atomic E-state index is 13.2. The summed E-state index contributed by atoms with van der Waals surface area (Å²) in [5.41, 5.74) is 0.554. The number of hydrogen-bond donors (Lipinski definition) is 1. The number of amides is 1. The molecule has 104 valence electrons. The van der Waals surface area contributed by atoms with Crippen molar-refractivity contribution in [2.75, 3.05) is 20.2 Å². The van der Waals surface area contributed by atoms with Crippen LogP contribution in [0.5, 0.6) is 5.75 Å². The van der Waals surface area contributed by atoms with Crippen molar-refractivity contribution in [3.8, 4) is 5.75 Å². The van der Waals surface area contributed by atoms with Crippen LogP contribution in [-0.4, -0.2) is 42.2 Å². The summed E-state index contributed by atoms with van der Waals surface area (Å²) in [6.45, 7) is 1.11. The van der Waals surface area contributed by atoms with E-state index in [0.29, 0.717) is 37.2 Å². The van der Waals surface area contributed by atoms with E-state index in [2.05, 4.69) is 0 Å². The van der Waals surface area contributed by atoms with E-state index >= 15 is 0 Å². The molecule has 0 aliphatic carbocycles. The van der Waals surface area contributed by atoms with Crippen molar-refractivity contribution in [2.45, 2.75) is 25.4 Å². The fourth-order valence-corrected chi connectivity index (χ4v) is 2.28. The Labute approximate surface area is 111 Å². The molecule has 0 atom stereocenters. The van der Waals surface area contributed by atoms with Gasteiger partial charge in [-0.05, 0) is 31.0 Å². The van der Waals surface area contributed by atoms with Crippen LogP contribution < -0.4 is 4.74 Å². The molecule has 5 heteroatoms. The number of ether oxygens (including phenoxy) is 1. The second-order valence-corrected chi connectivity index (χ2v) is 4.74. The van der Waals surface area contributed by atoms with Crippen molar-refractivity contribution in [3.63, 3.8) is 0 Å². The number of carbonyl (C=O) groups excluding carboxylic acids is 1. The Morgan fingerprint density at radius 1 is 1.47 bits per heavy atom. The molecule has 1 heterocycles. The fourth-order valence-electron chi connectivity index (χ4n) is 2.28. The molecular weight excluding hydrogens is 249 g/mol. The molecule has 19 heavy (non-hydrogen) atoms. The van der Waals surface area contributed by atoms with Crippen molar-refractivity contribution in [2.24, 2.45) is 0 Å². The number of methoxy groups -OCH3 is 1. The average Bonchev–Trinajstić information content (AvgIpc) is 2.39. The van der Waals surface area contributed by atoms with Crippen LogP contribution in [0.3, 0.4) is 0 Å². The molecule has 1 saturated heterocycles. The first-order chi connectivity index (χ1) is 9.10. The van der Waals surface area contributed by atoms with Gasteiger partial charge in [-0.25, -0.2) is 4.39 Å². The van der Waals surface area contributed by atoms with Crippen LogP contribution in [0, 0.1) is 5.82 Å². The van der Waals surface area contributed by atoms with Gasteiger partial charge in [0, 0.05) is 18.7 Å². The Hall–Kier alpha value is -1.62. The van der Waals surface area contributed by atoms with Gasteiger partial charge in [-0.15, -0.1) is 0 Å². The molecule has 1 amide bonds. The summed E-state index contributed by atoms with van der Waals surface area (Å²) in [5, 5.41) is 9.41. The SMILES string of the molecule is COc1ccc(F)cc1CC(=O)N1CCC(O)CC1. The molecule has 0 bridgehead atoms. The highest BCUT2D eigenvalue weighted by atomic mass is 19.1. The molecule has 1 aliphatic rings. The van der Waals surface area contributed by atoms with Gasteiger partial charge in [-0.2, -0.15) is 0 Å². The van der Waals surface area contributed by atoms with Crippen molar-refractivity contribution in [3.05, 3.63) is 29.6 Å². The van der Waals surface area contributed by atoms with Gasteiger partial charge in [-0.3, -0.25) is 4.79 Å². The smallest absolute Gasteiger partial charge is 0.227 e. The highest BCUT2D eigenvalue weighted by Gasteiger charge is 2.22. The molecular formula is C14H18FNO3. The molecule has 1 fully saturated rings. The Kier molecular flexibility index (Phi) is 4.37. The monoisotopic (exact) mass is 267 g/mol. The third kappa shape index (κ3) is 3.44. The lowest BCUT2D eigenvalue weighted by molar-refractivity contribution is -0.132. The number of halogens is 1. The number of aliphatic hydroxyl groups is 1. The first-order valence-corrected chi connectivity index (χ1v) is 6.38. The summed E-state index contributed by atoms with van der Waals surface area (Å²) in [7, 11) is 1.50. The molecule has 1 N–H and O–H groups in total. The zero-order chi connectivity index (χ0) is 13.8. The van der Waals surface area contributed by atoms with E-state index < -0.39 is 0 Å². The topological polar surface area (TPSA) is 49.8 Å². The molecule has 0 radical (unpaired) electrons. The largest absolute Gasteiger partial charge is 0.496 e. The zero-order valence-corrected chi connectivity index (χ0v) is 10.9. The summed E-state index contributed by atoms with van der Waals surface area (Å²) in [6, 6.07) is 4.16. The number of likely N-dealkylation sites (tertiary alicyclic amines) is 1. The second-order valence-electron chi connectivity index (χ2n) is 4.74. The molecule has 1 aromatic rings. The number of benzene rings is 1. The van der Waals surface area contributed by atoms with Crippen molar-refractivity contribution >= 4 is 5.91 Å².